The lowest BCUT2D eigenvalue weighted by atomic mass is 9.73. The molecule has 2 aromatic heterocycles. The number of ether oxygens (including phenoxy) is 1. The predicted octanol–water partition coefficient (Wildman–Crippen LogP) is 2.06. The van der Waals surface area contributed by atoms with Gasteiger partial charge >= 0.3 is 0 Å². The Morgan fingerprint density at radius 1 is 1.38 bits per heavy atom. The Labute approximate surface area is 185 Å². The summed E-state index contributed by atoms with van der Waals surface area (Å²) in [5.74, 6) is -0.449. The predicted molar refractivity (Wildman–Crippen MR) is 119 cm³/mol. The molecular formula is C23H26FN5O3. The first-order chi connectivity index (χ1) is 15.4. The molecule has 2 saturated heterocycles. The number of benzene rings is 1. The first-order valence-corrected chi connectivity index (χ1v) is 10.6. The van der Waals surface area contributed by atoms with Crippen LogP contribution in [-0.2, 0) is 0 Å². The molecule has 0 bridgehead atoms. The summed E-state index contributed by atoms with van der Waals surface area (Å²) in [7, 11) is 1.48. The number of amides is 1. The van der Waals surface area contributed by atoms with E-state index in [1.807, 2.05) is 6.92 Å². The van der Waals surface area contributed by atoms with E-state index in [0.717, 1.165) is 31.0 Å². The van der Waals surface area contributed by atoms with Gasteiger partial charge in [0.05, 0.1) is 24.1 Å². The minimum atomic E-state index is -0.511. The van der Waals surface area contributed by atoms with Crippen molar-refractivity contribution in [1.29, 1.82) is 0 Å². The van der Waals surface area contributed by atoms with Crippen LogP contribution >= 0.6 is 0 Å². The maximum atomic E-state index is 14.9. The Hall–Kier alpha value is -3.17. The second-order valence-electron chi connectivity index (χ2n) is 8.75. The molecule has 3 aromatic rings. The number of halogens is 1. The standard InChI is InChI=1S/C23H26FN5O3/c1-14-7-28-9-17(20(32-2)6-21(28)26-14)22(31)27-19-4-3-16(5-18(19)24)29-8-15(10-30)23(13-29)11-25-12-23/h3-7,9,15,25,30H,8,10-13H2,1-2H3,(H,27,31). The van der Waals surface area contributed by atoms with Crippen LogP contribution in [0, 0.1) is 24.1 Å². The van der Waals surface area contributed by atoms with Crippen molar-refractivity contribution in [2.75, 3.05) is 50.1 Å². The molecule has 0 radical (unpaired) electrons. The van der Waals surface area contributed by atoms with Crippen molar-refractivity contribution in [2.24, 2.45) is 11.3 Å². The van der Waals surface area contributed by atoms with Crippen LogP contribution in [0.3, 0.4) is 0 Å². The number of pyridine rings is 1. The van der Waals surface area contributed by atoms with Gasteiger partial charge in [0.25, 0.3) is 5.91 Å². The number of carbonyl (C=O) groups is 1. The molecule has 1 unspecified atom stereocenters. The molecule has 0 saturated carbocycles. The van der Waals surface area contributed by atoms with Gasteiger partial charge in [-0.3, -0.25) is 4.79 Å². The zero-order chi connectivity index (χ0) is 22.5. The second kappa shape index (κ2) is 7.75. The lowest BCUT2D eigenvalue weighted by molar-refractivity contribution is 0.0802. The molecule has 1 atom stereocenters. The molecule has 3 N–H and O–H groups in total. The van der Waals surface area contributed by atoms with Crippen LogP contribution in [0.15, 0.2) is 36.7 Å². The van der Waals surface area contributed by atoms with Gasteiger partial charge in [-0.05, 0) is 25.1 Å². The smallest absolute Gasteiger partial charge is 0.261 e. The van der Waals surface area contributed by atoms with E-state index in [9.17, 15) is 14.3 Å². The molecule has 2 aliphatic rings. The van der Waals surface area contributed by atoms with Crippen molar-refractivity contribution in [3.05, 3.63) is 53.7 Å². The number of methoxy groups -OCH3 is 1. The quantitative estimate of drug-likeness (QED) is 0.564. The average Bonchev–Trinajstić information content (AvgIpc) is 3.33. The Morgan fingerprint density at radius 3 is 2.81 bits per heavy atom. The highest BCUT2D eigenvalue weighted by molar-refractivity contribution is 6.06. The van der Waals surface area contributed by atoms with Gasteiger partial charge in [0.1, 0.15) is 17.2 Å². The van der Waals surface area contributed by atoms with E-state index < -0.39 is 11.7 Å². The molecule has 9 heteroatoms. The lowest BCUT2D eigenvalue weighted by Crippen LogP contribution is -2.58. The molecule has 2 aliphatic heterocycles. The van der Waals surface area contributed by atoms with Crippen molar-refractivity contribution < 1.29 is 19.0 Å². The first kappa shape index (κ1) is 20.7. The van der Waals surface area contributed by atoms with Gasteiger partial charge in [0.2, 0.25) is 0 Å². The molecule has 0 aliphatic carbocycles. The summed E-state index contributed by atoms with van der Waals surface area (Å²) in [6.45, 7) is 5.19. The van der Waals surface area contributed by atoms with Gasteiger partial charge in [-0.25, -0.2) is 9.37 Å². The molecule has 1 aromatic carbocycles. The SMILES string of the molecule is COc1cc2nc(C)cn2cc1C(=O)Nc1ccc(N2CC(CO)C3(CNC3)C2)cc1F. The number of hydrogen-bond acceptors (Lipinski definition) is 6. The van der Waals surface area contributed by atoms with Gasteiger partial charge in [-0.2, -0.15) is 0 Å². The lowest BCUT2D eigenvalue weighted by Gasteiger charge is -2.43. The number of aryl methyl sites for hydroxylation is 1. The zero-order valence-corrected chi connectivity index (χ0v) is 18.1. The van der Waals surface area contributed by atoms with Crippen LogP contribution < -0.4 is 20.3 Å². The number of aliphatic hydroxyl groups excluding tert-OH is 1. The third-order valence-electron chi connectivity index (χ3n) is 6.69. The number of nitrogens with one attached hydrogen (secondary N) is 2. The van der Waals surface area contributed by atoms with Crippen LogP contribution in [0.25, 0.3) is 5.65 Å². The monoisotopic (exact) mass is 439 g/mol. The number of aliphatic hydroxyl groups is 1. The summed E-state index contributed by atoms with van der Waals surface area (Å²) >= 11 is 0. The van der Waals surface area contributed by atoms with E-state index >= 15 is 0 Å². The van der Waals surface area contributed by atoms with Gasteiger partial charge in [0, 0.05) is 68.3 Å². The highest BCUT2D eigenvalue weighted by atomic mass is 19.1. The number of anilines is 2. The average molecular weight is 439 g/mol. The molecule has 2 fully saturated rings. The zero-order valence-electron chi connectivity index (χ0n) is 18.1. The minimum absolute atomic E-state index is 0.0546. The van der Waals surface area contributed by atoms with Crippen LogP contribution in [0.5, 0.6) is 5.75 Å². The Balaban J connectivity index is 1.36. The largest absolute Gasteiger partial charge is 0.496 e. The number of hydrogen-bond donors (Lipinski definition) is 3. The molecule has 168 valence electrons. The van der Waals surface area contributed by atoms with Crippen LogP contribution in [-0.4, -0.2) is 60.3 Å². The second-order valence-corrected chi connectivity index (χ2v) is 8.75. The third-order valence-corrected chi connectivity index (χ3v) is 6.69. The number of fused-ring (bicyclic) bond motifs is 1. The van der Waals surface area contributed by atoms with Crippen LogP contribution in [0.1, 0.15) is 16.1 Å². The van der Waals surface area contributed by atoms with E-state index in [1.165, 1.54) is 13.2 Å². The summed E-state index contributed by atoms with van der Waals surface area (Å²) in [6.07, 6.45) is 3.43. The Morgan fingerprint density at radius 2 is 2.19 bits per heavy atom. The Bertz CT molecular complexity index is 1190. The number of carbonyl (C=O) groups excluding carboxylic acids is 1. The number of imidazole rings is 1. The van der Waals surface area contributed by atoms with Gasteiger partial charge in [-0.1, -0.05) is 0 Å². The maximum Gasteiger partial charge on any atom is 0.261 e. The summed E-state index contributed by atoms with van der Waals surface area (Å²) in [5, 5.41) is 15.7. The van der Waals surface area contributed by atoms with E-state index in [2.05, 4.69) is 20.5 Å². The van der Waals surface area contributed by atoms with Crippen molar-refractivity contribution in [2.45, 2.75) is 6.92 Å². The molecule has 4 heterocycles. The maximum absolute atomic E-state index is 14.9. The summed E-state index contributed by atoms with van der Waals surface area (Å²) < 4.78 is 22.0. The van der Waals surface area contributed by atoms with E-state index in [1.54, 1.807) is 35.0 Å². The van der Waals surface area contributed by atoms with Crippen molar-refractivity contribution in [3.8, 4) is 5.75 Å². The fraction of sp³-hybridized carbons (Fsp3) is 0.391. The topological polar surface area (TPSA) is 91.1 Å². The first-order valence-electron chi connectivity index (χ1n) is 10.6. The minimum Gasteiger partial charge on any atom is -0.496 e. The number of aromatic nitrogens is 2. The third kappa shape index (κ3) is 3.37. The fourth-order valence-electron chi connectivity index (χ4n) is 4.80. The molecule has 8 nitrogen and oxygen atoms in total. The van der Waals surface area contributed by atoms with Crippen LogP contribution in [0.2, 0.25) is 0 Å². The fourth-order valence-corrected chi connectivity index (χ4v) is 4.80. The summed E-state index contributed by atoms with van der Waals surface area (Å²) in [6, 6.07) is 6.50. The number of nitrogens with zero attached hydrogens (tertiary/aromatic N) is 3. The van der Waals surface area contributed by atoms with E-state index in [0.29, 0.717) is 17.9 Å². The van der Waals surface area contributed by atoms with Crippen molar-refractivity contribution in [3.63, 3.8) is 0 Å². The normalized spacial score (nSPS) is 19.4. The van der Waals surface area contributed by atoms with Crippen molar-refractivity contribution in [1.82, 2.24) is 14.7 Å². The van der Waals surface area contributed by atoms with Gasteiger partial charge in [0.15, 0.2) is 0 Å². The summed E-state index contributed by atoms with van der Waals surface area (Å²) in [4.78, 5) is 19.4. The number of rotatable bonds is 5. The van der Waals surface area contributed by atoms with Gasteiger partial charge < -0.3 is 29.8 Å². The highest BCUT2D eigenvalue weighted by Crippen LogP contribution is 2.41. The van der Waals surface area contributed by atoms with E-state index in [4.69, 9.17) is 4.74 Å². The highest BCUT2D eigenvalue weighted by Gasteiger charge is 2.50. The van der Waals surface area contributed by atoms with Crippen LogP contribution in [0.4, 0.5) is 15.8 Å². The molecule has 32 heavy (non-hydrogen) atoms. The summed E-state index contributed by atoms with van der Waals surface area (Å²) in [5.41, 5.74) is 2.66. The Kier molecular flexibility index (Phi) is 5.02. The van der Waals surface area contributed by atoms with Gasteiger partial charge in [-0.15, -0.1) is 0 Å². The molecule has 1 spiro atoms. The molecule has 1 amide bonds. The van der Waals surface area contributed by atoms with E-state index in [-0.39, 0.29) is 29.2 Å². The van der Waals surface area contributed by atoms with Crippen molar-refractivity contribution >= 4 is 22.9 Å². The molecule has 5 rings (SSSR count). The molecular weight excluding hydrogens is 413 g/mol.